The molecule has 1 N–H and O–H groups in total. The molecule has 68 valence electrons. The maximum absolute atomic E-state index is 4.54. The van der Waals surface area contributed by atoms with Crippen molar-refractivity contribution in [3.8, 4) is 0 Å². The van der Waals surface area contributed by atoms with Crippen molar-refractivity contribution in [3.05, 3.63) is 58.6 Å². The lowest BCUT2D eigenvalue weighted by Gasteiger charge is -1.92. The van der Waals surface area contributed by atoms with Crippen LogP contribution in [0.2, 0.25) is 0 Å². The number of fused-ring (bicyclic) bond motifs is 2. The zero-order chi connectivity index (χ0) is 9.38. The van der Waals surface area contributed by atoms with E-state index < -0.39 is 0 Å². The van der Waals surface area contributed by atoms with Crippen molar-refractivity contribution in [2.24, 2.45) is 9.98 Å². The molecule has 0 fully saturated rings. The third-order valence-corrected chi connectivity index (χ3v) is 2.34. The predicted octanol–water partition coefficient (Wildman–Crippen LogP) is 0.268. The Balaban J connectivity index is 2.35. The van der Waals surface area contributed by atoms with E-state index in [0.29, 0.717) is 0 Å². The van der Waals surface area contributed by atoms with E-state index in [1.807, 2.05) is 36.7 Å². The van der Waals surface area contributed by atoms with Crippen LogP contribution in [0.4, 0.5) is 0 Å². The van der Waals surface area contributed by atoms with Crippen molar-refractivity contribution in [1.29, 1.82) is 0 Å². The number of hydrogen-bond acceptors (Lipinski definition) is 3. The van der Waals surface area contributed by atoms with Gasteiger partial charge >= 0.3 is 0 Å². The van der Waals surface area contributed by atoms with Crippen LogP contribution in [0.15, 0.2) is 57.9 Å². The van der Waals surface area contributed by atoms with E-state index in [1.54, 1.807) is 0 Å². The molecule has 2 heterocycles. The number of hydrogen-bond donors (Lipinski definition) is 1. The normalized spacial score (nSPS) is 17.4. The van der Waals surface area contributed by atoms with Crippen LogP contribution in [-0.4, -0.2) is 6.54 Å². The first-order valence-electron chi connectivity index (χ1n) is 4.58. The van der Waals surface area contributed by atoms with Gasteiger partial charge in [0.2, 0.25) is 0 Å². The minimum atomic E-state index is 0.830. The molecule has 3 heteroatoms. The third-order valence-electron chi connectivity index (χ3n) is 2.34. The van der Waals surface area contributed by atoms with E-state index in [4.69, 9.17) is 0 Å². The third kappa shape index (κ3) is 1.06. The van der Waals surface area contributed by atoms with E-state index in [2.05, 4.69) is 15.3 Å². The molecule has 0 aromatic heterocycles. The van der Waals surface area contributed by atoms with Crippen LogP contribution < -0.4 is 16.0 Å². The number of nitrogens with one attached hydrogen (secondary N) is 1. The van der Waals surface area contributed by atoms with Gasteiger partial charge in [0.05, 0.1) is 16.4 Å². The molecular formula is C11H9N3. The number of para-hydroxylation sites is 2. The first kappa shape index (κ1) is 7.50. The Bertz CT molecular complexity index is 552. The van der Waals surface area contributed by atoms with Crippen LogP contribution in [0.25, 0.3) is 0 Å². The molecular weight excluding hydrogens is 174 g/mol. The Morgan fingerprint density at radius 1 is 1.14 bits per heavy atom. The highest BCUT2D eigenvalue weighted by atomic mass is 14.9. The second-order valence-corrected chi connectivity index (χ2v) is 3.29. The summed E-state index contributed by atoms with van der Waals surface area (Å²) in [6.45, 7) is 0.830. The average Bonchev–Trinajstić information content (AvgIpc) is 2.58. The van der Waals surface area contributed by atoms with Crippen molar-refractivity contribution in [2.75, 3.05) is 6.54 Å². The Morgan fingerprint density at radius 2 is 2.00 bits per heavy atom. The second-order valence-electron chi connectivity index (χ2n) is 3.29. The minimum Gasteiger partial charge on any atom is -0.385 e. The van der Waals surface area contributed by atoms with Gasteiger partial charge in [-0.25, -0.2) is 4.99 Å². The van der Waals surface area contributed by atoms with E-state index in [-0.39, 0.29) is 0 Å². The lowest BCUT2D eigenvalue weighted by Crippen LogP contribution is -2.23. The van der Waals surface area contributed by atoms with E-state index >= 15 is 0 Å². The van der Waals surface area contributed by atoms with Gasteiger partial charge in [-0.2, -0.15) is 0 Å². The summed E-state index contributed by atoms with van der Waals surface area (Å²) in [5, 5.41) is 5.02. The van der Waals surface area contributed by atoms with Crippen molar-refractivity contribution in [1.82, 2.24) is 5.32 Å². The Labute approximate surface area is 81.2 Å². The van der Waals surface area contributed by atoms with Gasteiger partial charge in [-0.15, -0.1) is 0 Å². The maximum Gasteiger partial charge on any atom is 0.0894 e. The number of rotatable bonds is 0. The van der Waals surface area contributed by atoms with Gasteiger partial charge in [-0.05, 0) is 12.1 Å². The molecule has 1 aromatic rings. The summed E-state index contributed by atoms with van der Waals surface area (Å²) in [6.07, 6.45) is 3.82. The van der Waals surface area contributed by atoms with E-state index in [0.717, 1.165) is 28.5 Å². The van der Waals surface area contributed by atoms with Gasteiger partial charge < -0.3 is 5.32 Å². The molecule has 0 spiro atoms. The molecule has 2 aliphatic rings. The van der Waals surface area contributed by atoms with Gasteiger partial charge in [0.15, 0.2) is 0 Å². The summed E-state index contributed by atoms with van der Waals surface area (Å²) >= 11 is 0. The largest absolute Gasteiger partial charge is 0.385 e. The summed E-state index contributed by atoms with van der Waals surface area (Å²) in [7, 11) is 0. The molecule has 0 aliphatic carbocycles. The number of benzene rings is 1. The maximum atomic E-state index is 4.54. The Hall–Kier alpha value is -1.90. The smallest absolute Gasteiger partial charge is 0.0894 e. The fourth-order valence-electron chi connectivity index (χ4n) is 1.60. The van der Waals surface area contributed by atoms with Gasteiger partial charge in [0, 0.05) is 24.5 Å². The summed E-state index contributed by atoms with van der Waals surface area (Å²) in [6, 6.07) is 7.91. The summed E-state index contributed by atoms with van der Waals surface area (Å²) in [4.78, 5) is 8.93. The molecule has 0 saturated carbocycles. The Kier molecular flexibility index (Phi) is 1.50. The van der Waals surface area contributed by atoms with Gasteiger partial charge in [0.1, 0.15) is 0 Å². The average molecular weight is 183 g/mol. The lowest BCUT2D eigenvalue weighted by molar-refractivity contribution is 1.00. The highest BCUT2D eigenvalue weighted by molar-refractivity contribution is 5.36. The van der Waals surface area contributed by atoms with Gasteiger partial charge in [-0.3, -0.25) is 4.99 Å². The monoisotopic (exact) mass is 183 g/mol. The van der Waals surface area contributed by atoms with E-state index in [1.165, 1.54) is 0 Å². The molecule has 3 rings (SSSR count). The quantitative estimate of drug-likeness (QED) is 0.615. The van der Waals surface area contributed by atoms with Crippen molar-refractivity contribution >= 4 is 0 Å². The molecule has 2 aliphatic heterocycles. The molecule has 1 aromatic carbocycles. The standard InChI is InChI=1S/C11H9N3/c1-2-4-10-9(3-1)13-6-8-5-12-7-11(8)14-10/h1-4,6-7,12H,5H2. The molecule has 0 amide bonds. The SMILES string of the molecule is C1=C2CNC=C2N=c2ccccc2=N1. The van der Waals surface area contributed by atoms with Crippen molar-refractivity contribution in [2.45, 2.75) is 0 Å². The van der Waals surface area contributed by atoms with Crippen LogP contribution in [0, 0.1) is 0 Å². The highest BCUT2D eigenvalue weighted by Crippen LogP contribution is 2.14. The summed E-state index contributed by atoms with van der Waals surface area (Å²) in [5.74, 6) is 0. The lowest BCUT2D eigenvalue weighted by atomic mass is 10.2. The topological polar surface area (TPSA) is 36.8 Å². The molecule has 0 bridgehead atoms. The highest BCUT2D eigenvalue weighted by Gasteiger charge is 2.10. The zero-order valence-corrected chi connectivity index (χ0v) is 7.57. The first-order chi connectivity index (χ1) is 6.93. The predicted molar refractivity (Wildman–Crippen MR) is 52.9 cm³/mol. The first-order valence-corrected chi connectivity index (χ1v) is 4.58. The van der Waals surface area contributed by atoms with Crippen LogP contribution in [0.3, 0.4) is 0 Å². The minimum absolute atomic E-state index is 0.830. The second kappa shape index (κ2) is 2.80. The number of nitrogens with zero attached hydrogens (tertiary/aromatic N) is 2. The van der Waals surface area contributed by atoms with Gasteiger partial charge in [0.25, 0.3) is 0 Å². The molecule has 0 unspecified atom stereocenters. The zero-order valence-electron chi connectivity index (χ0n) is 7.57. The van der Waals surface area contributed by atoms with Crippen LogP contribution in [-0.2, 0) is 0 Å². The summed E-state index contributed by atoms with van der Waals surface area (Å²) < 4.78 is 0. The van der Waals surface area contributed by atoms with Crippen molar-refractivity contribution < 1.29 is 0 Å². The summed E-state index contributed by atoms with van der Waals surface area (Å²) in [5.41, 5.74) is 2.15. The van der Waals surface area contributed by atoms with Crippen LogP contribution in [0.5, 0.6) is 0 Å². The molecule has 3 nitrogen and oxygen atoms in total. The molecule has 0 radical (unpaired) electrons. The molecule has 0 atom stereocenters. The fourth-order valence-corrected chi connectivity index (χ4v) is 1.60. The van der Waals surface area contributed by atoms with Gasteiger partial charge in [-0.1, -0.05) is 12.1 Å². The van der Waals surface area contributed by atoms with Crippen LogP contribution >= 0.6 is 0 Å². The van der Waals surface area contributed by atoms with E-state index in [9.17, 15) is 0 Å². The van der Waals surface area contributed by atoms with Crippen LogP contribution in [0.1, 0.15) is 0 Å². The van der Waals surface area contributed by atoms with Crippen molar-refractivity contribution in [3.63, 3.8) is 0 Å². The Morgan fingerprint density at radius 3 is 2.93 bits per heavy atom. The molecule has 0 saturated heterocycles. The fraction of sp³-hybridized carbons (Fsp3) is 0.0909. The molecule has 14 heavy (non-hydrogen) atoms.